The molecule has 0 bridgehead atoms. The molecule has 640 valence electrons. The van der Waals surface area contributed by atoms with Crippen LogP contribution < -0.4 is 545 Å². The predicted molar refractivity (Wildman–Crippen MR) is 345 cm³/mol. The molecular weight excluding hydrogens is 2060 g/mol. The molecule has 10 aromatic heterocycles. The van der Waals surface area contributed by atoms with E-state index in [0.29, 0.717) is 117 Å². The van der Waals surface area contributed by atoms with Gasteiger partial charge in [0.15, 0.2) is 57.3 Å². The summed E-state index contributed by atoms with van der Waals surface area (Å²) in [5, 5.41) is 93.8. The van der Waals surface area contributed by atoms with Gasteiger partial charge in [-0.3, -0.25) is 22.8 Å². The minimum atomic E-state index is -5.39. The molecule has 0 radical (unpaired) electrons. The van der Waals surface area contributed by atoms with Crippen molar-refractivity contribution in [1.82, 2.24) is 97.6 Å². The maximum Gasteiger partial charge on any atom is 1.00 e. The number of fused-ring (bicyclic) bond motifs is 5. The van der Waals surface area contributed by atoms with Crippen molar-refractivity contribution in [3.8, 4) is 0 Å². The average Bonchev–Trinajstić information content (AvgIpc) is 1.66. The number of hydrogen-bond donors (Lipinski definition) is 15. The van der Waals surface area contributed by atoms with Crippen LogP contribution in [0.1, 0.15) is 63.2 Å². The Morgan fingerprint density at radius 3 is 0.469 bits per heavy atom. The zero-order valence-electron chi connectivity index (χ0n) is 72.8. The first-order valence-corrected chi connectivity index (χ1v) is 38.8. The number of nitrogen functional groups attached to an aromatic ring is 5. The van der Waals surface area contributed by atoms with E-state index < -0.39 is 131 Å². The fourth-order valence-electron chi connectivity index (χ4n) is 10.7. The van der Waals surface area contributed by atoms with Crippen LogP contribution in [0.5, 0.6) is 0 Å². The predicted octanol–water partition coefficient (Wildman–Crippen LogP) is -63.8. The van der Waals surface area contributed by atoms with Gasteiger partial charge in [0, 0.05) is 32.1 Å². The van der Waals surface area contributed by atoms with Crippen LogP contribution in [-0.4, -0.2) is 243 Å². The van der Waals surface area contributed by atoms with Gasteiger partial charge in [-0.2, -0.15) is 39.1 Å². The molecular formula is C50H65N25Na15O35P5. The topological polar surface area (TPSA) is 1030 Å². The van der Waals surface area contributed by atoms with Gasteiger partial charge in [-0.05, 0) is 0 Å². The smallest absolute Gasteiger partial charge is 0.822 e. The third kappa shape index (κ3) is 53.7. The third-order valence-corrected chi connectivity index (χ3v) is 15.4. The molecule has 80 heteroatoms. The van der Waals surface area contributed by atoms with E-state index in [2.05, 4.69) is 74.8 Å². The molecule has 15 rings (SSSR count). The zero-order chi connectivity index (χ0) is 86.0. The summed E-state index contributed by atoms with van der Waals surface area (Å²) in [5.41, 5.74) is 33.7. The summed E-state index contributed by atoms with van der Waals surface area (Å²) in [7, 11) is -26.9. The maximum absolute atomic E-state index is 9.71. The fraction of sp³-hybridized carbons (Fsp3) is 0.500. The van der Waals surface area contributed by atoms with Crippen LogP contribution in [0.3, 0.4) is 0 Å². The Labute approximate surface area is 1070 Å². The number of nitrogens with zero attached hydrogens (tertiary/aromatic N) is 20. The van der Waals surface area contributed by atoms with Crippen LogP contribution in [0.2, 0.25) is 0 Å². The number of anilines is 5. The van der Waals surface area contributed by atoms with Crippen molar-refractivity contribution in [1.29, 1.82) is 0 Å². The molecule has 5 fully saturated rings. The molecule has 0 aromatic carbocycles. The van der Waals surface area contributed by atoms with Gasteiger partial charge in [0.2, 0.25) is 0 Å². The van der Waals surface area contributed by atoms with Crippen molar-refractivity contribution in [3.05, 3.63) is 63.3 Å². The second-order valence-corrected chi connectivity index (χ2v) is 27.7. The van der Waals surface area contributed by atoms with Gasteiger partial charge in [0.05, 0.1) is 95.2 Å². The zero-order valence-corrected chi connectivity index (χ0v) is 107. The standard InChI is InChI=1S/5C10H13N5O3.15Na.5H3O4P/c5*11-9-8-10(13-3-12-9)15(4-14-8)7-1-5(17)6(2-16)18-7;;;;;;;;;;;;;;;;5*1-5(2,3)4/h5*3-7,16-17H,1-2H2,(H2,11,12,13);;;;;;;;;;;;;;;;5*(H3,1,2,3,4)/q;;;;;15*+1;;;;;/p-15/t5*5-,6+,7+;;;;;;;;;;;;;;;;;;;;/m00000..................../s1/i5*1+1,2+1,3+1,4+1,5+1,6+1,7+1,8+1,9+1,10+1;;;;;;;;;;;;;;;;;;;;. The number of phosphoric acid groups is 5. The van der Waals surface area contributed by atoms with Crippen molar-refractivity contribution in [2.75, 3.05) is 61.7 Å². The van der Waals surface area contributed by atoms with E-state index in [1.807, 2.05) is 0 Å². The molecule has 0 amide bonds. The molecule has 15 heterocycles. The van der Waals surface area contributed by atoms with Crippen molar-refractivity contribution < 1.29 is 614 Å². The maximum atomic E-state index is 9.71. The first kappa shape index (κ1) is 157. The molecule has 15 atom stereocenters. The molecule has 5 saturated heterocycles. The molecule has 0 saturated carbocycles. The quantitative estimate of drug-likeness (QED) is 0.0343. The first-order valence-electron chi connectivity index (χ1n) is 31.5. The van der Waals surface area contributed by atoms with E-state index in [1.54, 1.807) is 54.5 Å². The summed E-state index contributed by atoms with van der Waals surface area (Å²) in [6.45, 7) is -1.10. The number of aliphatic hydroxyl groups excluding tert-OH is 10. The van der Waals surface area contributed by atoms with Crippen LogP contribution in [0.4, 0.5) is 29.1 Å². The minimum absolute atomic E-state index is 0. The first-order chi connectivity index (χ1) is 53.5. The average molecular weight is 2130 g/mol. The Kier molecular flexibility index (Phi) is 90.0. The summed E-state index contributed by atoms with van der Waals surface area (Å²) in [6.07, 6.45) is 7.98. The van der Waals surface area contributed by atoms with Gasteiger partial charge < -0.3 is 200 Å². The SMILES string of the molecule is N[13c]1n[13cH]n[13c]2[13c]1n[13cH]n2[13C@H]1[13CH2][13C@H](O)[13C@@H]([13CH2]O)O1.N[13c]1n[13cH]n[13c]2[13c]1n[13cH]n2[13C@H]1[13CH2][13C@H](O)[13C@@H]([13CH2]O)O1.N[13c]1n[13cH]n[13c]2[13c]1n[13cH]n2[13C@H]1[13CH2][13C@H](O)[13C@@H]([13CH2]O)O1.N[13c]1n[13cH]n[13c]2[13c]1n[13cH]n2[13C@H]1[13CH2][13C@H](O)[13C@@H]([13CH2]O)O1.N[13c]1n[13cH]n[13c]2[13c]1n[13cH]n2[13C@H]1[13CH2][13C@H](O)[13C@@H]([13CH2]O)O1.O=P([O-])([O-])[O-].O=P([O-])([O-])[O-].O=P([O-])([O-])[O-].O=P([O-])([O-])[O-].O=P([O-])([O-])[O-].[Na+].[Na+].[Na+].[Na+].[Na+].[Na+].[Na+].[Na+].[Na+].[Na+].[Na+].[Na+].[Na+].[Na+].[Na+]. The van der Waals surface area contributed by atoms with Crippen LogP contribution >= 0.6 is 39.1 Å². The largest absolute Gasteiger partial charge is 1.00 e. The van der Waals surface area contributed by atoms with Gasteiger partial charge in [0.1, 0.15) is 121 Å². The Bertz CT molecular complexity index is 4330. The van der Waals surface area contributed by atoms with Crippen molar-refractivity contribution >= 4 is 124 Å². The van der Waals surface area contributed by atoms with Crippen LogP contribution in [0, 0.1) is 0 Å². The summed E-state index contributed by atoms with van der Waals surface area (Å²) >= 11 is 0. The monoisotopic (exact) mass is 2130 g/mol. The van der Waals surface area contributed by atoms with E-state index in [0.717, 1.165) is 0 Å². The van der Waals surface area contributed by atoms with Gasteiger partial charge in [0.25, 0.3) is 0 Å². The molecule has 5 aliphatic rings. The van der Waals surface area contributed by atoms with E-state index in [9.17, 15) is 25.5 Å². The molecule has 130 heavy (non-hydrogen) atoms. The van der Waals surface area contributed by atoms with Crippen LogP contribution in [-0.2, 0) is 46.5 Å². The summed E-state index contributed by atoms with van der Waals surface area (Å²) < 4.78 is 78.9. The van der Waals surface area contributed by atoms with Crippen molar-refractivity contribution in [2.45, 2.75) is 124 Å². The number of aliphatic hydroxyl groups is 10. The molecule has 20 N–H and O–H groups in total. The van der Waals surface area contributed by atoms with Gasteiger partial charge >= 0.3 is 443 Å². The molecule has 0 spiro atoms. The molecule has 60 nitrogen and oxygen atoms in total. The number of hydrogen-bond acceptors (Lipinski definition) is 55. The van der Waals surface area contributed by atoms with E-state index in [-0.39, 0.29) is 476 Å². The Hall–Kier alpha value is 6.70. The Morgan fingerprint density at radius 2 is 0.369 bits per heavy atom. The normalized spacial score (nSPS) is 21.7. The van der Waals surface area contributed by atoms with Gasteiger partial charge in [-0.25, -0.2) is 74.8 Å². The third-order valence-electron chi connectivity index (χ3n) is 15.4. The van der Waals surface area contributed by atoms with E-state index in [1.165, 1.54) is 31.6 Å². The van der Waals surface area contributed by atoms with Gasteiger partial charge in [-0.15, -0.1) is 0 Å². The fourth-order valence-corrected chi connectivity index (χ4v) is 10.7. The van der Waals surface area contributed by atoms with Crippen molar-refractivity contribution in [3.63, 3.8) is 0 Å². The molecule has 0 unspecified atom stereocenters. The van der Waals surface area contributed by atoms with E-state index >= 15 is 0 Å². The van der Waals surface area contributed by atoms with Crippen molar-refractivity contribution in [2.24, 2.45) is 0 Å². The summed E-state index contributed by atoms with van der Waals surface area (Å²) in [5.74, 6) is 1.51. The number of rotatable bonds is 10. The van der Waals surface area contributed by atoms with Crippen LogP contribution in [0.15, 0.2) is 63.3 Å². The second kappa shape index (κ2) is 74.6. The number of nitrogens with two attached hydrogens (primary N) is 5. The molecule has 5 aliphatic heterocycles. The summed E-state index contributed by atoms with van der Waals surface area (Å²) in [4.78, 5) is 189. The molecule has 10 aromatic rings. The number of imidazole rings is 5. The Balaban J connectivity index is -0.000000158. The summed E-state index contributed by atoms with van der Waals surface area (Å²) in [6, 6.07) is 0. The van der Waals surface area contributed by atoms with E-state index in [4.69, 9.17) is 174 Å². The second-order valence-electron chi connectivity index (χ2n) is 23.2. The Morgan fingerprint density at radius 1 is 0.254 bits per heavy atom. The minimum Gasteiger partial charge on any atom is -0.822 e. The number of aromatic nitrogens is 20. The molecule has 0 aliphatic carbocycles. The van der Waals surface area contributed by atoms with Gasteiger partial charge in [-0.1, -0.05) is 0 Å². The number of ether oxygens (including phenoxy) is 5. The van der Waals surface area contributed by atoms with Crippen LogP contribution in [0.25, 0.3) is 55.8 Å².